The van der Waals surface area contributed by atoms with Gasteiger partial charge in [-0.15, -0.1) is 0 Å². The molecule has 1 aromatic rings. The van der Waals surface area contributed by atoms with Gasteiger partial charge in [0.15, 0.2) is 0 Å². The lowest BCUT2D eigenvalue weighted by molar-refractivity contribution is 0.0697. The van der Waals surface area contributed by atoms with Crippen LogP contribution in [0.25, 0.3) is 0 Å². The van der Waals surface area contributed by atoms with Crippen LogP contribution in [0.4, 0.5) is 10.1 Å². The van der Waals surface area contributed by atoms with E-state index in [1.54, 1.807) is 0 Å². The molecule has 1 aromatic carbocycles. The molecule has 0 aliphatic carbocycles. The van der Waals surface area contributed by atoms with E-state index >= 15 is 0 Å². The Kier molecular flexibility index (Phi) is 4.62. The average Bonchev–Trinajstić information content (AvgIpc) is 2.28. The molecule has 0 radical (unpaired) electrons. The second-order valence-corrected chi connectivity index (χ2v) is 5.22. The Morgan fingerprint density at radius 3 is 2.72 bits per heavy atom. The smallest absolute Gasteiger partial charge is 0.337 e. The summed E-state index contributed by atoms with van der Waals surface area (Å²) in [5.41, 5.74) is -1.02. The summed E-state index contributed by atoms with van der Waals surface area (Å²) < 4.78 is 43.0. The minimum absolute atomic E-state index is 0.0772. The van der Waals surface area contributed by atoms with Gasteiger partial charge in [-0.25, -0.2) is 17.6 Å². The summed E-state index contributed by atoms with van der Waals surface area (Å²) in [4.78, 5) is 10.8. The number of rotatable bonds is 6. The molecule has 0 aliphatic heterocycles. The summed E-state index contributed by atoms with van der Waals surface area (Å²) in [5.74, 6) is -2.76. The van der Waals surface area contributed by atoms with Crippen molar-refractivity contribution in [2.45, 2.75) is 0 Å². The second-order valence-electron chi connectivity index (χ2n) is 3.38. The molecule has 1 rings (SSSR count). The third-order valence-electron chi connectivity index (χ3n) is 2.06. The van der Waals surface area contributed by atoms with Crippen LogP contribution < -0.4 is 4.72 Å². The molecule has 0 heterocycles. The first-order valence-corrected chi connectivity index (χ1v) is 6.54. The molecule has 0 spiro atoms. The number of hydrogen-bond acceptors (Lipinski definition) is 4. The van der Waals surface area contributed by atoms with Crippen molar-refractivity contribution in [3.8, 4) is 0 Å². The quantitative estimate of drug-likeness (QED) is 0.806. The van der Waals surface area contributed by atoms with E-state index in [4.69, 9.17) is 5.11 Å². The van der Waals surface area contributed by atoms with Crippen LogP contribution in [0.1, 0.15) is 10.4 Å². The first-order valence-electron chi connectivity index (χ1n) is 4.88. The molecule has 100 valence electrons. The topological polar surface area (TPSA) is 92.7 Å². The number of ether oxygens (including phenoxy) is 1. The van der Waals surface area contributed by atoms with Gasteiger partial charge in [0, 0.05) is 7.11 Å². The summed E-state index contributed by atoms with van der Waals surface area (Å²) in [5, 5.41) is 8.84. The van der Waals surface area contributed by atoms with Crippen LogP contribution >= 0.6 is 0 Å². The number of para-hydroxylation sites is 1. The van der Waals surface area contributed by atoms with E-state index in [1.165, 1.54) is 13.2 Å². The molecule has 2 N–H and O–H groups in total. The van der Waals surface area contributed by atoms with Crippen molar-refractivity contribution in [1.29, 1.82) is 0 Å². The van der Waals surface area contributed by atoms with Crippen LogP contribution in [0.5, 0.6) is 0 Å². The van der Waals surface area contributed by atoms with Crippen LogP contribution in [0.2, 0.25) is 0 Å². The van der Waals surface area contributed by atoms with Crippen LogP contribution in [-0.2, 0) is 14.8 Å². The molecular formula is C10H12FNO5S. The fourth-order valence-corrected chi connectivity index (χ4v) is 2.21. The standard InChI is InChI=1S/C10H12FNO5S/c1-17-5-6-18(15,16)12-9-7(10(13)14)3-2-4-8(9)11/h2-4,12H,5-6H2,1H3,(H,13,14). The van der Waals surface area contributed by atoms with Crippen molar-refractivity contribution in [2.24, 2.45) is 0 Å². The Balaban J connectivity index is 3.07. The Bertz CT molecular complexity index is 543. The van der Waals surface area contributed by atoms with Gasteiger partial charge in [-0.1, -0.05) is 6.07 Å². The Labute approximate surface area is 103 Å². The number of sulfonamides is 1. The van der Waals surface area contributed by atoms with Gasteiger partial charge in [-0.2, -0.15) is 0 Å². The van der Waals surface area contributed by atoms with Gasteiger partial charge in [-0.3, -0.25) is 4.72 Å². The summed E-state index contributed by atoms with van der Waals surface area (Å²) in [6.07, 6.45) is 0. The van der Waals surface area contributed by atoms with Gasteiger partial charge in [-0.05, 0) is 12.1 Å². The minimum Gasteiger partial charge on any atom is -0.478 e. The molecule has 0 saturated carbocycles. The van der Waals surface area contributed by atoms with Crippen LogP contribution in [0.15, 0.2) is 18.2 Å². The van der Waals surface area contributed by atoms with E-state index in [1.807, 2.05) is 4.72 Å². The number of halogens is 1. The Morgan fingerprint density at radius 2 is 2.17 bits per heavy atom. The molecule has 18 heavy (non-hydrogen) atoms. The molecule has 0 saturated heterocycles. The summed E-state index contributed by atoms with van der Waals surface area (Å²) in [6, 6.07) is 3.27. The molecule has 0 aromatic heterocycles. The Hall–Kier alpha value is -1.67. The highest BCUT2D eigenvalue weighted by atomic mass is 32.2. The molecule has 0 bridgehead atoms. The van der Waals surface area contributed by atoms with Crippen molar-refractivity contribution in [1.82, 2.24) is 0 Å². The van der Waals surface area contributed by atoms with E-state index in [0.29, 0.717) is 0 Å². The maximum absolute atomic E-state index is 13.4. The van der Waals surface area contributed by atoms with Gasteiger partial charge < -0.3 is 9.84 Å². The minimum atomic E-state index is -3.85. The zero-order valence-corrected chi connectivity index (χ0v) is 10.3. The molecule has 6 nitrogen and oxygen atoms in total. The maximum atomic E-state index is 13.4. The van der Waals surface area contributed by atoms with Crippen molar-refractivity contribution < 1.29 is 27.4 Å². The third kappa shape index (κ3) is 3.67. The highest BCUT2D eigenvalue weighted by Gasteiger charge is 2.19. The number of hydrogen-bond donors (Lipinski definition) is 2. The first-order chi connectivity index (χ1) is 8.37. The lowest BCUT2D eigenvalue weighted by atomic mass is 10.2. The predicted molar refractivity (Wildman–Crippen MR) is 62.6 cm³/mol. The number of carboxylic acid groups (broad SMARTS) is 1. The fourth-order valence-electron chi connectivity index (χ4n) is 1.21. The predicted octanol–water partition coefficient (Wildman–Crippen LogP) is 0.912. The van der Waals surface area contributed by atoms with Crippen molar-refractivity contribution in [2.75, 3.05) is 24.2 Å². The van der Waals surface area contributed by atoms with E-state index < -0.39 is 38.8 Å². The first kappa shape index (κ1) is 14.4. The molecule has 0 amide bonds. The van der Waals surface area contributed by atoms with Gasteiger partial charge in [0.2, 0.25) is 10.0 Å². The van der Waals surface area contributed by atoms with Crippen LogP contribution in [0, 0.1) is 5.82 Å². The lowest BCUT2D eigenvalue weighted by Gasteiger charge is -2.10. The highest BCUT2D eigenvalue weighted by Crippen LogP contribution is 2.21. The van der Waals surface area contributed by atoms with E-state index in [9.17, 15) is 17.6 Å². The maximum Gasteiger partial charge on any atom is 0.337 e. The highest BCUT2D eigenvalue weighted by molar-refractivity contribution is 7.92. The monoisotopic (exact) mass is 277 g/mol. The summed E-state index contributed by atoms with van der Waals surface area (Å²) in [7, 11) is -2.53. The summed E-state index contributed by atoms with van der Waals surface area (Å²) >= 11 is 0. The van der Waals surface area contributed by atoms with Crippen molar-refractivity contribution >= 4 is 21.7 Å². The van der Waals surface area contributed by atoms with E-state index in [0.717, 1.165) is 12.1 Å². The van der Waals surface area contributed by atoms with Crippen LogP contribution in [0.3, 0.4) is 0 Å². The Morgan fingerprint density at radius 1 is 1.50 bits per heavy atom. The number of nitrogens with one attached hydrogen (secondary N) is 1. The second kappa shape index (κ2) is 5.78. The fraction of sp³-hybridized carbons (Fsp3) is 0.300. The summed E-state index contributed by atoms with van der Waals surface area (Å²) in [6.45, 7) is -0.0772. The SMILES string of the molecule is COCCS(=O)(=O)Nc1c(F)cccc1C(=O)O. The number of methoxy groups -OCH3 is 1. The van der Waals surface area contributed by atoms with Crippen molar-refractivity contribution in [3.05, 3.63) is 29.6 Å². The van der Waals surface area contributed by atoms with E-state index in [2.05, 4.69) is 4.74 Å². The van der Waals surface area contributed by atoms with Gasteiger partial charge in [0.05, 0.1) is 23.6 Å². The molecule has 0 unspecified atom stereocenters. The molecule has 8 heteroatoms. The molecular weight excluding hydrogens is 265 g/mol. The normalized spacial score (nSPS) is 11.2. The molecule has 0 aliphatic rings. The number of aromatic carboxylic acids is 1. The number of carbonyl (C=O) groups is 1. The average molecular weight is 277 g/mol. The molecule has 0 atom stereocenters. The number of anilines is 1. The zero-order valence-electron chi connectivity index (χ0n) is 9.51. The van der Waals surface area contributed by atoms with Crippen molar-refractivity contribution in [3.63, 3.8) is 0 Å². The van der Waals surface area contributed by atoms with E-state index in [-0.39, 0.29) is 6.61 Å². The van der Waals surface area contributed by atoms with Gasteiger partial charge >= 0.3 is 5.97 Å². The zero-order chi connectivity index (χ0) is 13.8. The molecule has 0 fully saturated rings. The third-order valence-corrected chi connectivity index (χ3v) is 3.28. The van der Waals surface area contributed by atoms with Gasteiger partial charge in [0.1, 0.15) is 5.82 Å². The largest absolute Gasteiger partial charge is 0.478 e. The lowest BCUT2D eigenvalue weighted by Crippen LogP contribution is -2.22. The number of benzene rings is 1. The van der Waals surface area contributed by atoms with Crippen LogP contribution in [-0.4, -0.2) is 39.0 Å². The van der Waals surface area contributed by atoms with Gasteiger partial charge in [0.25, 0.3) is 0 Å². The number of carboxylic acids is 1.